The first-order valence-electron chi connectivity index (χ1n) is 7.56. The van der Waals surface area contributed by atoms with Crippen LogP contribution in [0.25, 0.3) is 0 Å². The molecule has 1 fully saturated rings. The molecule has 0 aliphatic carbocycles. The van der Waals surface area contributed by atoms with E-state index in [2.05, 4.69) is 4.90 Å². The molecule has 2 atom stereocenters. The van der Waals surface area contributed by atoms with Gasteiger partial charge in [-0.05, 0) is 17.7 Å². The van der Waals surface area contributed by atoms with E-state index in [9.17, 15) is 18.3 Å². The highest BCUT2D eigenvalue weighted by atomic mass is 32.2. The van der Waals surface area contributed by atoms with Gasteiger partial charge in [0.25, 0.3) is 0 Å². The third-order valence-electron chi connectivity index (χ3n) is 4.15. The Hall–Kier alpha value is -1.44. The number of carbonyl (C=O) groups excluding carboxylic acids is 1. The summed E-state index contributed by atoms with van der Waals surface area (Å²) in [6.07, 6.45) is 0.986. The zero-order valence-corrected chi connectivity index (χ0v) is 14.6. The molecule has 1 aliphatic rings. The first-order chi connectivity index (χ1) is 10.7. The molecule has 1 heterocycles. The Morgan fingerprint density at radius 3 is 2.65 bits per heavy atom. The van der Waals surface area contributed by atoms with Crippen LogP contribution < -0.4 is 0 Å². The smallest absolute Gasteiger partial charge is 0.222 e. The molecule has 23 heavy (non-hydrogen) atoms. The van der Waals surface area contributed by atoms with Crippen molar-refractivity contribution in [1.29, 1.82) is 0 Å². The molecule has 0 bridgehead atoms. The lowest BCUT2D eigenvalue weighted by Crippen LogP contribution is -2.28. The molecule has 1 aliphatic heterocycles. The van der Waals surface area contributed by atoms with Crippen molar-refractivity contribution < 1.29 is 18.3 Å². The van der Waals surface area contributed by atoms with Gasteiger partial charge in [-0.2, -0.15) is 0 Å². The first kappa shape index (κ1) is 17.9. The maximum Gasteiger partial charge on any atom is 0.222 e. The van der Waals surface area contributed by atoms with Crippen LogP contribution in [0.3, 0.4) is 0 Å². The molecule has 0 spiro atoms. The summed E-state index contributed by atoms with van der Waals surface area (Å²) in [5.74, 6) is -0.0713. The Labute approximate surface area is 137 Å². The number of aliphatic hydroxyl groups is 1. The molecular formula is C16H24N2O4S. The quantitative estimate of drug-likeness (QED) is 0.837. The van der Waals surface area contributed by atoms with Crippen molar-refractivity contribution in [3.05, 3.63) is 29.8 Å². The predicted octanol–water partition coefficient (Wildman–Crippen LogP) is 0.361. The minimum absolute atomic E-state index is 0.00923. The van der Waals surface area contributed by atoms with Crippen LogP contribution in [-0.2, 0) is 21.2 Å². The highest BCUT2D eigenvalue weighted by Gasteiger charge is 2.33. The first-order valence-corrected chi connectivity index (χ1v) is 9.45. The van der Waals surface area contributed by atoms with E-state index in [0.29, 0.717) is 31.0 Å². The minimum Gasteiger partial charge on any atom is -0.391 e. The van der Waals surface area contributed by atoms with Gasteiger partial charge in [0.05, 0.1) is 11.0 Å². The Bertz CT molecular complexity index is 672. The molecule has 128 valence electrons. The fourth-order valence-corrected chi connectivity index (χ4v) is 3.50. The van der Waals surface area contributed by atoms with E-state index in [1.807, 2.05) is 6.07 Å². The number of hydrogen-bond donors (Lipinski definition) is 1. The second-order valence-corrected chi connectivity index (χ2v) is 8.45. The monoisotopic (exact) mass is 340 g/mol. The van der Waals surface area contributed by atoms with Gasteiger partial charge in [-0.1, -0.05) is 12.1 Å². The molecule has 1 aromatic carbocycles. The summed E-state index contributed by atoms with van der Waals surface area (Å²) in [6, 6.07) is 6.85. The van der Waals surface area contributed by atoms with Gasteiger partial charge in [0, 0.05) is 52.3 Å². The van der Waals surface area contributed by atoms with Crippen LogP contribution in [0.2, 0.25) is 0 Å². The van der Waals surface area contributed by atoms with Gasteiger partial charge in [0.2, 0.25) is 5.91 Å². The fraction of sp³-hybridized carbons (Fsp3) is 0.562. The number of amides is 1. The molecule has 0 saturated carbocycles. The third-order valence-corrected chi connectivity index (χ3v) is 5.26. The van der Waals surface area contributed by atoms with Crippen molar-refractivity contribution in [2.45, 2.75) is 24.0 Å². The summed E-state index contributed by atoms with van der Waals surface area (Å²) in [4.78, 5) is 15.7. The Kier molecular flexibility index (Phi) is 5.44. The van der Waals surface area contributed by atoms with Gasteiger partial charge < -0.3 is 10.0 Å². The van der Waals surface area contributed by atoms with Crippen molar-refractivity contribution >= 4 is 15.7 Å². The second kappa shape index (κ2) is 6.98. The number of benzene rings is 1. The Morgan fingerprint density at radius 2 is 2.04 bits per heavy atom. The van der Waals surface area contributed by atoms with Gasteiger partial charge in [-0.3, -0.25) is 9.69 Å². The minimum atomic E-state index is -3.22. The maximum atomic E-state index is 11.8. The molecule has 0 radical (unpaired) electrons. The number of aliphatic hydroxyl groups excluding tert-OH is 1. The van der Waals surface area contributed by atoms with E-state index in [-0.39, 0.29) is 11.8 Å². The highest BCUT2D eigenvalue weighted by molar-refractivity contribution is 7.90. The van der Waals surface area contributed by atoms with Crippen LogP contribution in [0.4, 0.5) is 0 Å². The fourth-order valence-electron chi connectivity index (χ4n) is 2.81. The summed E-state index contributed by atoms with van der Waals surface area (Å²) in [6.45, 7) is 1.69. The predicted molar refractivity (Wildman–Crippen MR) is 87.6 cm³/mol. The van der Waals surface area contributed by atoms with E-state index in [4.69, 9.17) is 0 Å². The molecule has 0 unspecified atom stereocenters. The van der Waals surface area contributed by atoms with Crippen molar-refractivity contribution in [2.24, 2.45) is 5.92 Å². The third kappa shape index (κ3) is 4.76. The van der Waals surface area contributed by atoms with E-state index < -0.39 is 15.9 Å². The maximum absolute atomic E-state index is 11.8. The summed E-state index contributed by atoms with van der Waals surface area (Å²) >= 11 is 0. The van der Waals surface area contributed by atoms with Gasteiger partial charge in [0.15, 0.2) is 9.84 Å². The summed E-state index contributed by atoms with van der Waals surface area (Å²) in [5, 5.41) is 10.1. The van der Waals surface area contributed by atoms with E-state index in [1.54, 1.807) is 32.3 Å². The molecule has 6 nitrogen and oxygen atoms in total. The van der Waals surface area contributed by atoms with E-state index in [0.717, 1.165) is 5.56 Å². The zero-order valence-electron chi connectivity index (χ0n) is 13.8. The van der Waals surface area contributed by atoms with Gasteiger partial charge in [0.1, 0.15) is 0 Å². The number of sulfone groups is 1. The second-order valence-electron chi connectivity index (χ2n) is 6.43. The van der Waals surface area contributed by atoms with E-state index >= 15 is 0 Å². The molecule has 0 aromatic heterocycles. The van der Waals surface area contributed by atoms with Crippen molar-refractivity contribution in [3.8, 4) is 0 Å². The normalized spacial score (nSPS) is 22.3. The lowest BCUT2D eigenvalue weighted by molar-refractivity contribution is -0.130. The standard InChI is InChI=1S/C16H24N2O4S/c1-17(2)16(20)8-13-10-18(11-15(13)19)9-12-5-4-6-14(7-12)23(3,21)22/h4-7,13,15,19H,8-11H2,1-3H3/t13-,15-/m1/s1. The van der Waals surface area contributed by atoms with Crippen LogP contribution in [0.15, 0.2) is 29.2 Å². The van der Waals surface area contributed by atoms with Crippen molar-refractivity contribution in [2.75, 3.05) is 33.4 Å². The largest absolute Gasteiger partial charge is 0.391 e. The van der Waals surface area contributed by atoms with Crippen LogP contribution in [0, 0.1) is 5.92 Å². The highest BCUT2D eigenvalue weighted by Crippen LogP contribution is 2.23. The molecule has 7 heteroatoms. The SMILES string of the molecule is CN(C)C(=O)C[C@@H]1CN(Cc2cccc(S(C)(=O)=O)c2)C[C@H]1O. The Balaban J connectivity index is 2.01. The average molecular weight is 340 g/mol. The molecule has 1 amide bonds. The Morgan fingerprint density at radius 1 is 1.35 bits per heavy atom. The van der Waals surface area contributed by atoms with Gasteiger partial charge >= 0.3 is 0 Å². The van der Waals surface area contributed by atoms with Crippen LogP contribution >= 0.6 is 0 Å². The van der Waals surface area contributed by atoms with Crippen LogP contribution in [-0.4, -0.2) is 68.8 Å². The summed E-state index contributed by atoms with van der Waals surface area (Å²) < 4.78 is 23.2. The van der Waals surface area contributed by atoms with E-state index in [1.165, 1.54) is 11.2 Å². The molecule has 1 saturated heterocycles. The van der Waals surface area contributed by atoms with Gasteiger partial charge in [-0.25, -0.2) is 8.42 Å². The lowest BCUT2D eigenvalue weighted by atomic mass is 10.0. The number of hydrogen-bond acceptors (Lipinski definition) is 5. The average Bonchev–Trinajstić information content (AvgIpc) is 2.78. The number of nitrogens with zero attached hydrogens (tertiary/aromatic N) is 2. The molecule has 1 aromatic rings. The van der Waals surface area contributed by atoms with Crippen molar-refractivity contribution in [3.63, 3.8) is 0 Å². The molecule has 1 N–H and O–H groups in total. The topological polar surface area (TPSA) is 77.9 Å². The summed E-state index contributed by atoms with van der Waals surface area (Å²) in [7, 11) is 0.189. The lowest BCUT2D eigenvalue weighted by Gasteiger charge is -2.17. The molecular weight excluding hydrogens is 316 g/mol. The van der Waals surface area contributed by atoms with Crippen LogP contribution in [0.1, 0.15) is 12.0 Å². The van der Waals surface area contributed by atoms with Gasteiger partial charge in [-0.15, -0.1) is 0 Å². The van der Waals surface area contributed by atoms with Crippen LogP contribution in [0.5, 0.6) is 0 Å². The molecule has 2 rings (SSSR count). The number of β-amino-alcohol motifs (C(OH)–C–C–N with tert-alkyl or cyclic N) is 1. The summed E-state index contributed by atoms with van der Waals surface area (Å²) in [5.41, 5.74) is 0.889. The number of rotatable bonds is 5. The number of likely N-dealkylation sites (tertiary alicyclic amines) is 1. The number of carbonyl (C=O) groups is 1. The zero-order chi connectivity index (χ0) is 17.2. The van der Waals surface area contributed by atoms with Crippen molar-refractivity contribution in [1.82, 2.24) is 9.80 Å².